The Morgan fingerprint density at radius 2 is 1.62 bits per heavy atom. The van der Waals surface area contributed by atoms with Gasteiger partial charge in [0.25, 0.3) is 5.60 Å². The quantitative estimate of drug-likeness (QED) is 0.719. The van der Waals surface area contributed by atoms with Crippen molar-refractivity contribution in [2.24, 2.45) is 0 Å². The first-order valence-electron chi connectivity index (χ1n) is 6.92. The van der Waals surface area contributed by atoms with Crippen LogP contribution in [0.1, 0.15) is 25.0 Å². The van der Waals surface area contributed by atoms with Crippen molar-refractivity contribution in [3.63, 3.8) is 0 Å². The number of anilines is 1. The maximum atomic E-state index is 12.9. The minimum Gasteiger partial charge on any atom is -0.369 e. The molecule has 0 aliphatic heterocycles. The fourth-order valence-corrected chi connectivity index (χ4v) is 2.05. The molecule has 10 heteroatoms. The number of carbonyl (C=O) groups is 1. The summed E-state index contributed by atoms with van der Waals surface area (Å²) < 4.78 is 77.3. The number of alkyl halides is 6. The van der Waals surface area contributed by atoms with E-state index in [2.05, 4.69) is 10.6 Å². The summed E-state index contributed by atoms with van der Waals surface area (Å²) in [6.07, 6.45) is -11.9. The lowest BCUT2D eigenvalue weighted by Crippen LogP contribution is -2.54. The Hall–Kier alpha value is -1.97. The Morgan fingerprint density at radius 3 is 2.04 bits per heavy atom. The molecular formula is C14H16F6N2O2. The summed E-state index contributed by atoms with van der Waals surface area (Å²) in [6.45, 7) is 3.41. The highest BCUT2D eigenvalue weighted by molar-refractivity contribution is 5.90. The smallest absolute Gasteiger partial charge is 0.369 e. The summed E-state index contributed by atoms with van der Waals surface area (Å²) in [5.41, 5.74) is -6.28. The van der Waals surface area contributed by atoms with E-state index in [1.807, 2.05) is 0 Å². The molecule has 0 radical (unpaired) electrons. The number of aryl methyl sites for hydroxylation is 1. The molecule has 2 amide bonds. The van der Waals surface area contributed by atoms with Crippen LogP contribution in [0, 0.1) is 0 Å². The molecule has 0 fully saturated rings. The van der Waals surface area contributed by atoms with Gasteiger partial charge in [-0.3, -0.25) is 0 Å². The lowest BCUT2D eigenvalue weighted by Gasteiger charge is -2.33. The maximum absolute atomic E-state index is 12.9. The molecular weight excluding hydrogens is 342 g/mol. The van der Waals surface area contributed by atoms with Crippen molar-refractivity contribution in [1.29, 1.82) is 0 Å². The molecule has 0 atom stereocenters. The first-order chi connectivity index (χ1) is 10.9. The van der Waals surface area contributed by atoms with Crippen molar-refractivity contribution in [1.82, 2.24) is 5.32 Å². The maximum Gasteiger partial charge on any atom is 0.430 e. The molecule has 1 aromatic carbocycles. The second kappa shape index (κ2) is 6.88. The Kier molecular flexibility index (Phi) is 5.75. The van der Waals surface area contributed by atoms with E-state index in [4.69, 9.17) is 0 Å². The van der Waals surface area contributed by atoms with Gasteiger partial charge >= 0.3 is 18.4 Å². The molecule has 0 aromatic heterocycles. The number of urea groups is 1. The van der Waals surface area contributed by atoms with Gasteiger partial charge in [0.15, 0.2) is 0 Å². The number of amides is 2. The summed E-state index contributed by atoms with van der Waals surface area (Å²) in [4.78, 5) is 11.4. The zero-order valence-corrected chi connectivity index (χ0v) is 12.8. The number of rotatable bonds is 4. The molecule has 24 heavy (non-hydrogen) atoms. The molecule has 0 aliphatic carbocycles. The second-order valence-corrected chi connectivity index (χ2v) is 4.92. The Balaban J connectivity index is 3.38. The standard InChI is InChI=1S/C14H16F6N2O2/c1-3-8-7-9(5-6-10(8)22-11(23)21-4-2)12(24,13(15,16)17)14(18,19)20/h5-7,24H,3-4H2,1-2H3,(H2,21,22,23). The fourth-order valence-electron chi connectivity index (χ4n) is 2.05. The van der Waals surface area contributed by atoms with E-state index in [9.17, 15) is 36.2 Å². The van der Waals surface area contributed by atoms with Gasteiger partial charge < -0.3 is 15.7 Å². The van der Waals surface area contributed by atoms with E-state index >= 15 is 0 Å². The lowest BCUT2D eigenvalue weighted by atomic mass is 9.90. The van der Waals surface area contributed by atoms with Gasteiger partial charge in [-0.05, 0) is 25.0 Å². The van der Waals surface area contributed by atoms with Gasteiger partial charge in [0, 0.05) is 17.8 Å². The first kappa shape index (κ1) is 20.1. The monoisotopic (exact) mass is 358 g/mol. The Morgan fingerprint density at radius 1 is 1.08 bits per heavy atom. The van der Waals surface area contributed by atoms with Gasteiger partial charge in [-0.25, -0.2) is 4.79 Å². The third-order valence-electron chi connectivity index (χ3n) is 3.31. The van der Waals surface area contributed by atoms with E-state index in [0.717, 1.165) is 6.07 Å². The van der Waals surface area contributed by atoms with Crippen LogP contribution in [0.25, 0.3) is 0 Å². The fraction of sp³-hybridized carbons (Fsp3) is 0.500. The largest absolute Gasteiger partial charge is 0.430 e. The van der Waals surface area contributed by atoms with E-state index in [1.54, 1.807) is 6.92 Å². The second-order valence-electron chi connectivity index (χ2n) is 4.92. The number of benzene rings is 1. The van der Waals surface area contributed by atoms with Gasteiger partial charge in [-0.1, -0.05) is 19.1 Å². The molecule has 0 saturated heterocycles. The lowest BCUT2D eigenvalue weighted by molar-refractivity contribution is -0.376. The predicted molar refractivity (Wildman–Crippen MR) is 74.5 cm³/mol. The van der Waals surface area contributed by atoms with E-state index in [-0.39, 0.29) is 24.2 Å². The van der Waals surface area contributed by atoms with Crippen molar-refractivity contribution in [2.75, 3.05) is 11.9 Å². The van der Waals surface area contributed by atoms with Crippen LogP contribution in [0.2, 0.25) is 0 Å². The average Bonchev–Trinajstić information content (AvgIpc) is 2.44. The van der Waals surface area contributed by atoms with Crippen molar-refractivity contribution >= 4 is 11.7 Å². The topological polar surface area (TPSA) is 61.4 Å². The molecule has 4 nitrogen and oxygen atoms in total. The molecule has 0 unspecified atom stereocenters. The van der Waals surface area contributed by atoms with Crippen LogP contribution in [-0.4, -0.2) is 30.0 Å². The first-order valence-corrected chi connectivity index (χ1v) is 6.92. The summed E-state index contributed by atoms with van der Waals surface area (Å²) in [6, 6.07) is 1.32. The van der Waals surface area contributed by atoms with Crippen LogP contribution < -0.4 is 10.6 Å². The molecule has 0 saturated carbocycles. The normalized spacial score (nSPS) is 12.9. The van der Waals surface area contributed by atoms with Crippen LogP contribution >= 0.6 is 0 Å². The third-order valence-corrected chi connectivity index (χ3v) is 3.31. The van der Waals surface area contributed by atoms with Crippen molar-refractivity contribution in [2.45, 2.75) is 38.2 Å². The molecule has 136 valence electrons. The number of hydrogen-bond acceptors (Lipinski definition) is 2. The van der Waals surface area contributed by atoms with Gasteiger partial charge in [0.05, 0.1) is 0 Å². The summed E-state index contributed by atoms with van der Waals surface area (Å²) in [5.74, 6) is 0. The number of nitrogens with one attached hydrogen (secondary N) is 2. The predicted octanol–water partition coefficient (Wildman–Crippen LogP) is 3.70. The van der Waals surface area contributed by atoms with Gasteiger partial charge in [-0.2, -0.15) is 26.3 Å². The highest BCUT2D eigenvalue weighted by Crippen LogP contribution is 2.50. The highest BCUT2D eigenvalue weighted by Gasteiger charge is 2.71. The molecule has 0 spiro atoms. The van der Waals surface area contributed by atoms with Gasteiger partial charge in [0.2, 0.25) is 0 Å². The minimum absolute atomic E-state index is 0.0191. The van der Waals surface area contributed by atoms with Crippen molar-refractivity contribution in [3.8, 4) is 0 Å². The molecule has 0 aliphatic rings. The van der Waals surface area contributed by atoms with Crippen LogP contribution in [0.4, 0.5) is 36.8 Å². The molecule has 0 bridgehead atoms. The highest BCUT2D eigenvalue weighted by atomic mass is 19.4. The van der Waals surface area contributed by atoms with E-state index in [0.29, 0.717) is 12.1 Å². The molecule has 3 N–H and O–H groups in total. The Bertz CT molecular complexity index is 584. The molecule has 0 heterocycles. The van der Waals surface area contributed by atoms with Crippen LogP contribution in [0.5, 0.6) is 0 Å². The van der Waals surface area contributed by atoms with Crippen LogP contribution in [0.15, 0.2) is 18.2 Å². The number of halogens is 6. The summed E-state index contributed by atoms with van der Waals surface area (Å²) >= 11 is 0. The van der Waals surface area contributed by atoms with Gasteiger partial charge in [-0.15, -0.1) is 0 Å². The number of hydrogen-bond donors (Lipinski definition) is 3. The SMILES string of the molecule is CCNC(=O)Nc1ccc(C(O)(C(F)(F)F)C(F)(F)F)cc1CC. The average molecular weight is 358 g/mol. The zero-order valence-electron chi connectivity index (χ0n) is 12.8. The zero-order chi connectivity index (χ0) is 18.8. The number of carbonyl (C=O) groups excluding carboxylic acids is 1. The van der Waals surface area contributed by atoms with Crippen molar-refractivity contribution in [3.05, 3.63) is 29.3 Å². The van der Waals surface area contributed by atoms with Crippen LogP contribution in [0.3, 0.4) is 0 Å². The van der Waals surface area contributed by atoms with Gasteiger partial charge in [0.1, 0.15) is 0 Å². The molecule has 1 aromatic rings. The Labute approximate surface area is 133 Å². The van der Waals surface area contributed by atoms with Crippen molar-refractivity contribution < 1.29 is 36.2 Å². The summed E-state index contributed by atoms with van der Waals surface area (Å²) in [5, 5.41) is 14.1. The number of aliphatic hydroxyl groups is 1. The summed E-state index contributed by atoms with van der Waals surface area (Å²) in [7, 11) is 0. The minimum atomic E-state index is -5.95. The van der Waals surface area contributed by atoms with E-state index in [1.165, 1.54) is 6.92 Å². The molecule has 1 rings (SSSR count). The van der Waals surface area contributed by atoms with E-state index < -0.39 is 29.5 Å². The van der Waals surface area contributed by atoms with Crippen LogP contribution in [-0.2, 0) is 12.0 Å². The third kappa shape index (κ3) is 3.74.